The van der Waals surface area contributed by atoms with Crippen molar-refractivity contribution < 1.29 is 4.79 Å². The maximum absolute atomic E-state index is 12.3. The van der Waals surface area contributed by atoms with Crippen molar-refractivity contribution in [2.75, 3.05) is 16.8 Å². The average Bonchev–Trinajstić information content (AvgIpc) is 3.26. The molecule has 1 aliphatic carbocycles. The summed E-state index contributed by atoms with van der Waals surface area (Å²) in [6.45, 7) is 0. The van der Waals surface area contributed by atoms with Crippen molar-refractivity contribution in [3.63, 3.8) is 0 Å². The van der Waals surface area contributed by atoms with E-state index < -0.39 is 0 Å². The van der Waals surface area contributed by atoms with E-state index in [1.54, 1.807) is 4.68 Å². The van der Waals surface area contributed by atoms with Gasteiger partial charge in [-0.1, -0.05) is 41.3 Å². The lowest BCUT2D eigenvalue weighted by atomic mass is 10.3. The largest absolute Gasteiger partial charge is 0.374 e. The zero-order valence-electron chi connectivity index (χ0n) is 13.3. The van der Waals surface area contributed by atoms with Gasteiger partial charge in [0, 0.05) is 12.0 Å². The number of rotatable bonds is 6. The molecule has 0 atom stereocenters. The van der Waals surface area contributed by atoms with Crippen LogP contribution in [0.1, 0.15) is 24.5 Å². The van der Waals surface area contributed by atoms with E-state index >= 15 is 0 Å². The molecule has 0 radical (unpaired) electrons. The molecule has 2 aromatic heterocycles. The van der Waals surface area contributed by atoms with Gasteiger partial charge in [0.15, 0.2) is 4.34 Å². The number of nitrogens with two attached hydrogens (primary N) is 1. The second-order valence-electron chi connectivity index (χ2n) is 5.72. The van der Waals surface area contributed by atoms with Crippen LogP contribution in [0.3, 0.4) is 0 Å². The van der Waals surface area contributed by atoms with Gasteiger partial charge >= 0.3 is 0 Å². The van der Waals surface area contributed by atoms with E-state index in [2.05, 4.69) is 20.6 Å². The molecule has 1 amide bonds. The SMILES string of the molecule is Nc1nnc(SCC(=O)Nc2cc(C3CC3)nn2-c2ccccc2)s1. The van der Waals surface area contributed by atoms with Crippen molar-refractivity contribution in [3.8, 4) is 5.69 Å². The van der Waals surface area contributed by atoms with Crippen molar-refractivity contribution in [3.05, 3.63) is 42.1 Å². The summed E-state index contributed by atoms with van der Waals surface area (Å²) in [5.41, 5.74) is 7.51. The molecule has 7 nitrogen and oxygen atoms in total. The van der Waals surface area contributed by atoms with Crippen LogP contribution in [-0.4, -0.2) is 31.6 Å². The fourth-order valence-corrected chi connectivity index (χ4v) is 3.85. The van der Waals surface area contributed by atoms with Crippen LogP contribution in [0.4, 0.5) is 10.9 Å². The van der Waals surface area contributed by atoms with E-state index in [1.165, 1.54) is 23.1 Å². The Morgan fingerprint density at radius 3 is 2.80 bits per heavy atom. The minimum Gasteiger partial charge on any atom is -0.374 e. The van der Waals surface area contributed by atoms with E-state index in [1.807, 2.05) is 36.4 Å². The number of carbonyl (C=O) groups is 1. The molecule has 4 rings (SSSR count). The van der Waals surface area contributed by atoms with Crippen LogP contribution < -0.4 is 11.1 Å². The zero-order valence-corrected chi connectivity index (χ0v) is 14.9. The van der Waals surface area contributed by atoms with Crippen molar-refractivity contribution in [2.24, 2.45) is 0 Å². The molecule has 1 aromatic carbocycles. The predicted molar refractivity (Wildman–Crippen MR) is 99.2 cm³/mol. The first-order chi connectivity index (χ1) is 12.2. The number of amides is 1. The predicted octanol–water partition coefficient (Wildman–Crippen LogP) is 2.91. The van der Waals surface area contributed by atoms with Crippen LogP contribution in [-0.2, 0) is 4.79 Å². The van der Waals surface area contributed by atoms with E-state index in [-0.39, 0.29) is 11.7 Å². The molecule has 2 heterocycles. The Balaban J connectivity index is 1.49. The van der Waals surface area contributed by atoms with E-state index in [4.69, 9.17) is 5.73 Å². The second kappa shape index (κ2) is 6.85. The molecule has 0 unspecified atom stereocenters. The van der Waals surface area contributed by atoms with Crippen molar-refractivity contribution in [1.29, 1.82) is 0 Å². The van der Waals surface area contributed by atoms with Gasteiger partial charge in [0.2, 0.25) is 11.0 Å². The quantitative estimate of drug-likeness (QED) is 0.646. The molecule has 1 aliphatic rings. The van der Waals surface area contributed by atoms with Crippen molar-refractivity contribution in [1.82, 2.24) is 20.0 Å². The summed E-state index contributed by atoms with van der Waals surface area (Å²) in [7, 11) is 0. The molecule has 128 valence electrons. The normalized spacial score (nSPS) is 13.8. The fourth-order valence-electron chi connectivity index (χ4n) is 2.42. The zero-order chi connectivity index (χ0) is 17.2. The van der Waals surface area contributed by atoms with Crippen molar-refractivity contribution >= 4 is 40.0 Å². The molecule has 0 bridgehead atoms. The lowest BCUT2D eigenvalue weighted by Crippen LogP contribution is -2.16. The molecule has 1 saturated carbocycles. The summed E-state index contributed by atoms with van der Waals surface area (Å²) in [6, 6.07) is 11.8. The summed E-state index contributed by atoms with van der Waals surface area (Å²) in [5.74, 6) is 1.33. The number of aromatic nitrogens is 4. The number of para-hydroxylation sites is 1. The Morgan fingerprint density at radius 1 is 1.32 bits per heavy atom. The first kappa shape index (κ1) is 16.1. The first-order valence-corrected chi connectivity index (χ1v) is 9.66. The summed E-state index contributed by atoms with van der Waals surface area (Å²) in [5, 5.41) is 15.7. The lowest BCUT2D eigenvalue weighted by molar-refractivity contribution is -0.113. The number of hydrogen-bond acceptors (Lipinski definition) is 7. The van der Waals surface area contributed by atoms with Gasteiger partial charge < -0.3 is 11.1 Å². The van der Waals surface area contributed by atoms with Gasteiger partial charge in [-0.25, -0.2) is 4.68 Å². The van der Waals surface area contributed by atoms with Gasteiger partial charge in [0.05, 0.1) is 17.1 Å². The van der Waals surface area contributed by atoms with Gasteiger partial charge in [-0.3, -0.25) is 4.79 Å². The Hall–Kier alpha value is -2.39. The van der Waals surface area contributed by atoms with Crippen LogP contribution in [0.25, 0.3) is 5.69 Å². The summed E-state index contributed by atoms with van der Waals surface area (Å²) >= 11 is 2.59. The number of thioether (sulfide) groups is 1. The van der Waals surface area contributed by atoms with Gasteiger partial charge in [-0.05, 0) is 25.0 Å². The third-order valence-corrected chi connectivity index (χ3v) is 5.63. The highest BCUT2D eigenvalue weighted by atomic mass is 32.2. The summed E-state index contributed by atoms with van der Waals surface area (Å²) < 4.78 is 2.47. The Bertz CT molecular complexity index is 887. The van der Waals surface area contributed by atoms with E-state index in [0.29, 0.717) is 21.2 Å². The van der Waals surface area contributed by atoms with E-state index in [9.17, 15) is 4.79 Å². The summed E-state index contributed by atoms with van der Waals surface area (Å²) in [4.78, 5) is 12.3. The Kier molecular flexibility index (Phi) is 4.41. The Morgan fingerprint density at radius 2 is 2.12 bits per heavy atom. The molecule has 0 saturated heterocycles. The number of nitrogens with one attached hydrogen (secondary N) is 1. The van der Waals surface area contributed by atoms with Crippen LogP contribution in [0.15, 0.2) is 40.7 Å². The summed E-state index contributed by atoms with van der Waals surface area (Å²) in [6.07, 6.45) is 2.32. The smallest absolute Gasteiger partial charge is 0.235 e. The number of carbonyl (C=O) groups excluding carboxylic acids is 1. The van der Waals surface area contributed by atoms with Gasteiger partial charge in [-0.2, -0.15) is 5.10 Å². The van der Waals surface area contributed by atoms with Gasteiger partial charge in [-0.15, -0.1) is 10.2 Å². The molecule has 0 aliphatic heterocycles. The van der Waals surface area contributed by atoms with Crippen LogP contribution in [0.2, 0.25) is 0 Å². The highest BCUT2D eigenvalue weighted by Crippen LogP contribution is 2.40. The minimum absolute atomic E-state index is 0.113. The van der Waals surface area contributed by atoms with Gasteiger partial charge in [0.1, 0.15) is 5.82 Å². The molecule has 3 aromatic rings. The number of nitrogens with zero attached hydrogens (tertiary/aromatic N) is 4. The molecule has 9 heteroatoms. The van der Waals surface area contributed by atoms with Crippen LogP contribution in [0, 0.1) is 0 Å². The molecular weight excluding hydrogens is 356 g/mol. The monoisotopic (exact) mass is 372 g/mol. The third-order valence-electron chi connectivity index (χ3n) is 3.74. The number of anilines is 2. The topological polar surface area (TPSA) is 98.7 Å². The minimum atomic E-state index is -0.113. The second-order valence-corrected chi connectivity index (χ2v) is 7.95. The van der Waals surface area contributed by atoms with Crippen LogP contribution >= 0.6 is 23.1 Å². The molecule has 3 N–H and O–H groups in total. The molecule has 1 fully saturated rings. The van der Waals surface area contributed by atoms with E-state index in [0.717, 1.165) is 24.2 Å². The van der Waals surface area contributed by atoms with Gasteiger partial charge in [0.25, 0.3) is 0 Å². The standard InChI is InChI=1S/C16H16N6OS2/c17-15-19-20-16(25-15)24-9-14(23)18-13-8-12(10-6-7-10)21-22(13)11-4-2-1-3-5-11/h1-5,8,10H,6-7,9H2,(H2,17,19)(H,18,23). The Labute approximate surface area is 152 Å². The maximum atomic E-state index is 12.3. The highest BCUT2D eigenvalue weighted by Gasteiger charge is 2.28. The van der Waals surface area contributed by atoms with Crippen LogP contribution in [0.5, 0.6) is 0 Å². The number of nitrogen functional groups attached to an aromatic ring is 1. The lowest BCUT2D eigenvalue weighted by Gasteiger charge is -2.08. The fraction of sp³-hybridized carbons (Fsp3) is 0.250. The number of benzene rings is 1. The maximum Gasteiger partial charge on any atom is 0.235 e. The van der Waals surface area contributed by atoms with Crippen molar-refractivity contribution in [2.45, 2.75) is 23.1 Å². The molecule has 25 heavy (non-hydrogen) atoms. The molecular formula is C16H16N6OS2. The highest BCUT2D eigenvalue weighted by molar-refractivity contribution is 8.01. The first-order valence-electron chi connectivity index (χ1n) is 7.86. The molecule has 0 spiro atoms. The average molecular weight is 372 g/mol. The third kappa shape index (κ3) is 3.83. The number of hydrogen-bond donors (Lipinski definition) is 2.